The van der Waals surface area contributed by atoms with E-state index < -0.39 is 30.3 Å². The number of aromatic nitrogens is 4. The van der Waals surface area contributed by atoms with Crippen molar-refractivity contribution in [2.75, 3.05) is 23.4 Å². The maximum absolute atomic E-state index is 12.3. The second-order valence-electron chi connectivity index (χ2n) is 7.16. The Kier molecular flexibility index (Phi) is 9.06. The van der Waals surface area contributed by atoms with Crippen LogP contribution in [0, 0.1) is 0 Å². The van der Waals surface area contributed by atoms with Crippen LogP contribution in [0.2, 0.25) is 0 Å². The van der Waals surface area contributed by atoms with Crippen LogP contribution >= 0.6 is 0 Å². The molecule has 3 aromatic rings. The fraction of sp³-hybridized carbons (Fsp3) is 0.250. The van der Waals surface area contributed by atoms with Gasteiger partial charge in [0.15, 0.2) is 17.0 Å². The van der Waals surface area contributed by atoms with E-state index >= 15 is 0 Å². The molecule has 0 bridgehead atoms. The van der Waals surface area contributed by atoms with E-state index in [0.717, 1.165) is 5.69 Å². The first-order chi connectivity index (χ1) is 15.6. The number of carboxylic acids is 2. The van der Waals surface area contributed by atoms with Crippen molar-refractivity contribution in [2.24, 2.45) is 0 Å². The Balaban J connectivity index is 0.00000408. The van der Waals surface area contributed by atoms with Crippen LogP contribution in [-0.4, -0.2) is 50.9 Å². The zero-order valence-electron chi connectivity index (χ0n) is 18.5. The van der Waals surface area contributed by atoms with Gasteiger partial charge in [-0.3, -0.25) is 4.79 Å². The smallest absolute Gasteiger partial charge is 0.550 e. The maximum atomic E-state index is 12.3. The summed E-state index contributed by atoms with van der Waals surface area (Å²) in [7, 11) is 1.80. The summed E-state index contributed by atoms with van der Waals surface area (Å²) in [4.78, 5) is 52.3. The number of carbonyl (C=O) groups is 3. The second-order valence-corrected chi connectivity index (χ2v) is 7.16. The predicted octanol–water partition coefficient (Wildman–Crippen LogP) is -5.40. The molecule has 0 saturated heterocycles. The molecule has 14 heteroatoms. The number of anilines is 3. The van der Waals surface area contributed by atoms with Crippen molar-refractivity contribution in [1.82, 2.24) is 25.3 Å². The van der Waals surface area contributed by atoms with Crippen molar-refractivity contribution in [1.29, 1.82) is 0 Å². The summed E-state index contributed by atoms with van der Waals surface area (Å²) < 4.78 is 0. The number of carbonyl (C=O) groups excluding carboxylic acids is 3. The number of nitrogens with two attached hydrogens (primary N) is 2. The molecule has 2 aromatic heterocycles. The van der Waals surface area contributed by atoms with E-state index in [2.05, 4.69) is 25.3 Å². The van der Waals surface area contributed by atoms with Gasteiger partial charge in [-0.25, -0.2) is 9.97 Å². The normalized spacial score (nSPS) is 11.3. The van der Waals surface area contributed by atoms with Crippen molar-refractivity contribution >= 4 is 46.5 Å². The number of fused-ring (bicyclic) bond motifs is 1. The third-order valence-electron chi connectivity index (χ3n) is 4.70. The van der Waals surface area contributed by atoms with Gasteiger partial charge in [0.1, 0.15) is 0 Å². The topological polar surface area (TPSA) is 216 Å². The molecule has 1 amide bonds. The quantitative estimate of drug-likeness (QED) is 0.247. The van der Waals surface area contributed by atoms with E-state index in [-0.39, 0.29) is 59.0 Å². The maximum Gasteiger partial charge on any atom is 1.00 e. The summed E-state index contributed by atoms with van der Waals surface area (Å²) in [6, 6.07) is 4.89. The fourth-order valence-corrected chi connectivity index (χ4v) is 3.01. The Bertz CT molecular complexity index is 1210. The van der Waals surface area contributed by atoms with Crippen molar-refractivity contribution in [3.8, 4) is 0 Å². The van der Waals surface area contributed by atoms with Gasteiger partial charge in [0.05, 0.1) is 30.4 Å². The third kappa shape index (κ3) is 6.73. The number of hydrogen-bond donors (Lipinski definition) is 3. The van der Waals surface area contributed by atoms with Crippen molar-refractivity contribution < 1.29 is 54.2 Å². The minimum absolute atomic E-state index is 0. The van der Waals surface area contributed by atoms with Gasteiger partial charge < -0.3 is 41.5 Å². The van der Waals surface area contributed by atoms with Gasteiger partial charge in [-0.15, -0.1) is 0 Å². The van der Waals surface area contributed by atoms with E-state index in [9.17, 15) is 24.6 Å². The molecule has 0 saturated carbocycles. The summed E-state index contributed by atoms with van der Waals surface area (Å²) >= 11 is 0. The monoisotopic (exact) mass is 475 g/mol. The molecule has 1 atom stereocenters. The molecule has 34 heavy (non-hydrogen) atoms. The molecule has 0 aliphatic rings. The van der Waals surface area contributed by atoms with E-state index in [1.165, 1.54) is 12.1 Å². The average molecular weight is 475 g/mol. The summed E-state index contributed by atoms with van der Waals surface area (Å²) in [5.74, 6) is -3.54. The van der Waals surface area contributed by atoms with Gasteiger partial charge in [0, 0.05) is 24.3 Å². The molecule has 0 radical (unpaired) electrons. The first-order valence-corrected chi connectivity index (χ1v) is 9.71. The number of nitrogen functional groups attached to an aromatic ring is 2. The molecule has 13 nitrogen and oxygen atoms in total. The van der Waals surface area contributed by atoms with Crippen molar-refractivity contribution in [3.05, 3.63) is 41.7 Å². The number of benzene rings is 1. The summed E-state index contributed by atoms with van der Waals surface area (Å²) in [6.45, 7) is 0.355. The second kappa shape index (κ2) is 11.5. The van der Waals surface area contributed by atoms with Gasteiger partial charge in [-0.1, -0.05) is 0 Å². The summed E-state index contributed by atoms with van der Waals surface area (Å²) in [6.07, 6.45) is 0.677. The van der Waals surface area contributed by atoms with Crippen LogP contribution in [-0.2, 0) is 16.1 Å². The molecular weight excluding hydrogens is 455 g/mol. The van der Waals surface area contributed by atoms with E-state index in [1.807, 2.05) is 4.90 Å². The Morgan fingerprint density at radius 2 is 1.76 bits per heavy atom. The minimum atomic E-state index is -1.58. The van der Waals surface area contributed by atoms with Crippen molar-refractivity contribution in [2.45, 2.75) is 25.4 Å². The van der Waals surface area contributed by atoms with Crippen LogP contribution in [0.15, 0.2) is 30.5 Å². The molecule has 0 aliphatic heterocycles. The number of hydrogen-bond acceptors (Lipinski definition) is 12. The largest absolute Gasteiger partial charge is 1.00 e. The molecule has 172 valence electrons. The third-order valence-corrected chi connectivity index (χ3v) is 4.70. The standard InChI is InChI=1S/C20H22N8O5.Na/c1-28(9-11-8-23-17-15(24-11)16(21)26-20(22)27-17)12-4-2-10(3-5-12)18(31)25-13(19(32)33)6-7-14(29)30;/h2-5,8,13H,6-7,9H2,1H3,(H,25,31)(H,29,30)(H,32,33)(H4,21,22,23,26,27);/q;+1/p-2/t13-;/m0./s1. The van der Waals surface area contributed by atoms with Crippen LogP contribution in [0.25, 0.3) is 11.2 Å². The molecule has 0 aliphatic carbocycles. The van der Waals surface area contributed by atoms with Crippen LogP contribution in [0.4, 0.5) is 17.5 Å². The van der Waals surface area contributed by atoms with Gasteiger partial charge in [0.2, 0.25) is 5.95 Å². The molecule has 0 unspecified atom stereocenters. The summed E-state index contributed by atoms with van der Waals surface area (Å²) in [5.41, 5.74) is 13.6. The Hall–Kier alpha value is -3.55. The van der Waals surface area contributed by atoms with Crippen LogP contribution in [0.1, 0.15) is 28.9 Å². The molecule has 5 N–H and O–H groups in total. The first kappa shape index (κ1) is 26.7. The number of nitrogens with zero attached hydrogens (tertiary/aromatic N) is 5. The van der Waals surface area contributed by atoms with E-state index in [1.54, 1.807) is 25.4 Å². The van der Waals surface area contributed by atoms with Gasteiger partial charge in [-0.2, -0.15) is 9.97 Å². The number of amides is 1. The fourth-order valence-electron chi connectivity index (χ4n) is 3.01. The molecule has 3 rings (SSSR count). The first-order valence-electron chi connectivity index (χ1n) is 9.71. The van der Waals surface area contributed by atoms with Crippen molar-refractivity contribution in [3.63, 3.8) is 0 Å². The SMILES string of the molecule is CN(Cc1cnc2nc(N)nc(N)c2n1)c1ccc(C(=O)N[C@@H](CCC(=O)[O-])C(=O)[O-])cc1.[Na+]. The molecule has 2 heterocycles. The molecule has 1 aromatic carbocycles. The Morgan fingerprint density at radius 1 is 1.09 bits per heavy atom. The zero-order valence-corrected chi connectivity index (χ0v) is 20.5. The van der Waals surface area contributed by atoms with Gasteiger partial charge in [0.25, 0.3) is 5.91 Å². The van der Waals surface area contributed by atoms with Crippen LogP contribution in [0.5, 0.6) is 0 Å². The molecule has 0 fully saturated rings. The molecular formula is C20H20N8NaO5-. The zero-order chi connectivity index (χ0) is 24.1. The van der Waals surface area contributed by atoms with Gasteiger partial charge >= 0.3 is 29.6 Å². The Labute approximate surface area is 215 Å². The Morgan fingerprint density at radius 3 is 2.38 bits per heavy atom. The molecule has 0 spiro atoms. The number of rotatable bonds is 9. The minimum Gasteiger partial charge on any atom is -0.550 e. The van der Waals surface area contributed by atoms with E-state index in [4.69, 9.17) is 11.5 Å². The number of carboxylic acid groups (broad SMARTS) is 2. The average Bonchev–Trinajstić information content (AvgIpc) is 2.76. The predicted molar refractivity (Wildman–Crippen MR) is 113 cm³/mol. The van der Waals surface area contributed by atoms with Crippen LogP contribution in [0.3, 0.4) is 0 Å². The summed E-state index contributed by atoms with van der Waals surface area (Å²) in [5, 5.41) is 23.9. The number of nitrogens with one attached hydrogen (secondary N) is 1. The van der Waals surface area contributed by atoms with E-state index in [0.29, 0.717) is 17.8 Å². The number of aliphatic carboxylic acids is 2. The van der Waals surface area contributed by atoms with Crippen LogP contribution < -0.4 is 61.5 Å². The van der Waals surface area contributed by atoms with Gasteiger partial charge in [-0.05, 0) is 37.1 Å².